The van der Waals surface area contributed by atoms with Gasteiger partial charge in [-0.05, 0) is 61.7 Å². The Morgan fingerprint density at radius 2 is 1.63 bits per heavy atom. The summed E-state index contributed by atoms with van der Waals surface area (Å²) in [6.07, 6.45) is 0.965. The summed E-state index contributed by atoms with van der Waals surface area (Å²) in [5.74, 6) is -0.265. The van der Waals surface area contributed by atoms with E-state index in [1.165, 1.54) is 11.6 Å². The van der Waals surface area contributed by atoms with E-state index in [4.69, 9.17) is 0 Å². The lowest BCUT2D eigenvalue weighted by Gasteiger charge is -2.15. The van der Waals surface area contributed by atoms with Gasteiger partial charge in [0, 0.05) is 11.3 Å². The molecule has 6 heteroatoms. The number of benzene rings is 3. The van der Waals surface area contributed by atoms with Gasteiger partial charge in [-0.3, -0.25) is 9.52 Å². The zero-order chi connectivity index (χ0) is 21.7. The van der Waals surface area contributed by atoms with Crippen LogP contribution in [-0.2, 0) is 16.4 Å². The highest BCUT2D eigenvalue weighted by Crippen LogP contribution is 2.19. The van der Waals surface area contributed by atoms with Gasteiger partial charge in [0.1, 0.15) is 0 Å². The molecule has 0 bridgehead atoms. The number of hydrogen-bond donors (Lipinski definition) is 2. The van der Waals surface area contributed by atoms with Crippen molar-refractivity contribution in [2.75, 3.05) is 4.72 Å². The molecule has 0 aliphatic heterocycles. The first-order valence-corrected chi connectivity index (χ1v) is 11.4. The topological polar surface area (TPSA) is 75.3 Å². The van der Waals surface area contributed by atoms with Crippen LogP contribution in [0.1, 0.15) is 46.9 Å². The molecule has 3 aromatic carbocycles. The monoisotopic (exact) mass is 422 g/mol. The Bertz CT molecular complexity index is 1120. The molecule has 0 fully saturated rings. The Morgan fingerprint density at radius 1 is 0.967 bits per heavy atom. The number of carbonyl (C=O) groups is 1. The first kappa shape index (κ1) is 21.6. The minimum Gasteiger partial charge on any atom is -0.346 e. The number of carbonyl (C=O) groups excluding carboxylic acids is 1. The Morgan fingerprint density at radius 3 is 2.27 bits per heavy atom. The fraction of sp³-hybridized carbons (Fsp3) is 0.208. The van der Waals surface area contributed by atoms with Gasteiger partial charge in [-0.25, -0.2) is 8.42 Å². The van der Waals surface area contributed by atoms with Crippen LogP contribution in [0.15, 0.2) is 77.7 Å². The second kappa shape index (κ2) is 9.13. The Hall–Kier alpha value is -3.12. The molecule has 5 nitrogen and oxygen atoms in total. The van der Waals surface area contributed by atoms with E-state index in [-0.39, 0.29) is 16.8 Å². The maximum absolute atomic E-state index is 12.7. The van der Waals surface area contributed by atoms with Gasteiger partial charge in [-0.15, -0.1) is 0 Å². The van der Waals surface area contributed by atoms with Crippen molar-refractivity contribution < 1.29 is 13.2 Å². The Balaban J connectivity index is 1.72. The third-order valence-electron chi connectivity index (χ3n) is 4.94. The Labute approximate surface area is 178 Å². The minimum absolute atomic E-state index is 0.170. The van der Waals surface area contributed by atoms with Gasteiger partial charge in [-0.1, -0.05) is 55.0 Å². The summed E-state index contributed by atoms with van der Waals surface area (Å²) in [7, 11) is -3.73. The van der Waals surface area contributed by atoms with Crippen LogP contribution in [0.4, 0.5) is 5.69 Å². The van der Waals surface area contributed by atoms with Crippen molar-refractivity contribution >= 4 is 21.6 Å². The van der Waals surface area contributed by atoms with Crippen LogP contribution in [0.2, 0.25) is 0 Å². The molecule has 0 heterocycles. The SMILES string of the molecule is CCc1ccc([C@@H](C)NC(=O)c2cccc(NS(=O)(=O)c3ccc(C)cc3)c2)cc1. The van der Waals surface area contributed by atoms with Gasteiger partial charge >= 0.3 is 0 Å². The lowest BCUT2D eigenvalue weighted by atomic mass is 10.0. The van der Waals surface area contributed by atoms with Crippen molar-refractivity contribution in [1.82, 2.24) is 5.32 Å². The summed E-state index contributed by atoms with van der Waals surface area (Å²) in [5, 5.41) is 2.96. The number of anilines is 1. The van der Waals surface area contributed by atoms with E-state index in [0.29, 0.717) is 11.3 Å². The van der Waals surface area contributed by atoms with E-state index in [0.717, 1.165) is 17.5 Å². The molecule has 0 saturated heterocycles. The molecule has 0 aliphatic rings. The van der Waals surface area contributed by atoms with Crippen LogP contribution in [0.25, 0.3) is 0 Å². The van der Waals surface area contributed by atoms with Gasteiger partial charge in [0.25, 0.3) is 15.9 Å². The molecule has 156 valence electrons. The van der Waals surface area contributed by atoms with Crippen LogP contribution < -0.4 is 10.0 Å². The van der Waals surface area contributed by atoms with E-state index in [1.54, 1.807) is 42.5 Å². The normalized spacial score (nSPS) is 12.2. The molecule has 0 radical (unpaired) electrons. The van der Waals surface area contributed by atoms with Gasteiger partial charge in [0.15, 0.2) is 0 Å². The molecular weight excluding hydrogens is 396 g/mol. The van der Waals surface area contributed by atoms with Crippen LogP contribution in [0, 0.1) is 6.92 Å². The van der Waals surface area contributed by atoms with Crippen molar-refractivity contribution in [1.29, 1.82) is 0 Å². The number of sulfonamides is 1. The predicted molar refractivity (Wildman–Crippen MR) is 120 cm³/mol. The highest BCUT2D eigenvalue weighted by molar-refractivity contribution is 7.92. The van der Waals surface area contributed by atoms with Gasteiger partial charge in [0.2, 0.25) is 0 Å². The highest BCUT2D eigenvalue weighted by atomic mass is 32.2. The van der Waals surface area contributed by atoms with Crippen molar-refractivity contribution in [2.45, 2.75) is 38.1 Å². The van der Waals surface area contributed by atoms with E-state index >= 15 is 0 Å². The first-order chi connectivity index (χ1) is 14.3. The van der Waals surface area contributed by atoms with Crippen LogP contribution in [0.5, 0.6) is 0 Å². The average molecular weight is 423 g/mol. The van der Waals surface area contributed by atoms with Crippen LogP contribution >= 0.6 is 0 Å². The molecule has 3 aromatic rings. The quantitative estimate of drug-likeness (QED) is 0.572. The summed E-state index contributed by atoms with van der Waals surface area (Å²) in [6.45, 7) is 5.91. The van der Waals surface area contributed by atoms with Crippen molar-refractivity contribution in [3.05, 3.63) is 95.1 Å². The molecule has 0 aliphatic carbocycles. The van der Waals surface area contributed by atoms with E-state index in [9.17, 15) is 13.2 Å². The molecule has 1 amide bonds. The van der Waals surface area contributed by atoms with Crippen molar-refractivity contribution in [3.8, 4) is 0 Å². The minimum atomic E-state index is -3.73. The molecule has 0 spiro atoms. The molecular formula is C24H26N2O3S. The number of rotatable bonds is 7. The molecule has 0 aromatic heterocycles. The molecule has 1 atom stereocenters. The largest absolute Gasteiger partial charge is 0.346 e. The lowest BCUT2D eigenvalue weighted by molar-refractivity contribution is 0.0940. The fourth-order valence-electron chi connectivity index (χ4n) is 3.06. The first-order valence-electron chi connectivity index (χ1n) is 9.88. The summed E-state index contributed by atoms with van der Waals surface area (Å²) in [6, 6.07) is 21.0. The zero-order valence-corrected chi connectivity index (χ0v) is 18.2. The smallest absolute Gasteiger partial charge is 0.261 e. The summed E-state index contributed by atoms with van der Waals surface area (Å²) >= 11 is 0. The summed E-state index contributed by atoms with van der Waals surface area (Å²) in [4.78, 5) is 12.9. The van der Waals surface area contributed by atoms with Gasteiger partial charge in [0.05, 0.1) is 10.9 Å². The molecule has 0 saturated carbocycles. The van der Waals surface area contributed by atoms with Crippen LogP contribution in [-0.4, -0.2) is 14.3 Å². The second-order valence-electron chi connectivity index (χ2n) is 7.29. The number of hydrogen-bond acceptors (Lipinski definition) is 3. The van der Waals surface area contributed by atoms with Gasteiger partial charge < -0.3 is 5.32 Å². The highest BCUT2D eigenvalue weighted by Gasteiger charge is 2.16. The number of aryl methyl sites for hydroxylation is 2. The Kier molecular flexibility index (Phi) is 6.57. The van der Waals surface area contributed by atoms with E-state index in [1.807, 2.05) is 26.0 Å². The third-order valence-corrected chi connectivity index (χ3v) is 6.34. The number of amides is 1. The van der Waals surface area contributed by atoms with Gasteiger partial charge in [-0.2, -0.15) is 0 Å². The molecule has 3 rings (SSSR count). The van der Waals surface area contributed by atoms with Crippen molar-refractivity contribution in [3.63, 3.8) is 0 Å². The van der Waals surface area contributed by atoms with E-state index < -0.39 is 10.0 Å². The summed E-state index contributed by atoms with van der Waals surface area (Å²) < 4.78 is 27.7. The third kappa shape index (κ3) is 5.27. The lowest BCUT2D eigenvalue weighted by Crippen LogP contribution is -2.26. The number of nitrogens with one attached hydrogen (secondary N) is 2. The zero-order valence-electron chi connectivity index (χ0n) is 17.3. The summed E-state index contributed by atoms with van der Waals surface area (Å²) in [5.41, 5.74) is 3.95. The molecule has 0 unspecified atom stereocenters. The standard InChI is InChI=1S/C24H26N2O3S/c1-4-19-10-12-20(13-11-19)18(3)25-24(27)21-6-5-7-22(16-21)26-30(28,29)23-14-8-17(2)9-15-23/h5-16,18,26H,4H2,1-3H3,(H,25,27)/t18-/m1/s1. The van der Waals surface area contributed by atoms with Crippen molar-refractivity contribution in [2.24, 2.45) is 0 Å². The molecule has 30 heavy (non-hydrogen) atoms. The second-order valence-corrected chi connectivity index (χ2v) is 8.97. The average Bonchev–Trinajstić information content (AvgIpc) is 2.74. The maximum atomic E-state index is 12.7. The molecule has 2 N–H and O–H groups in total. The fourth-order valence-corrected chi connectivity index (χ4v) is 4.11. The predicted octanol–water partition coefficient (Wildman–Crippen LogP) is 4.85. The van der Waals surface area contributed by atoms with Crippen LogP contribution in [0.3, 0.4) is 0 Å². The maximum Gasteiger partial charge on any atom is 0.261 e. The van der Waals surface area contributed by atoms with E-state index in [2.05, 4.69) is 29.1 Å².